The second-order valence-electron chi connectivity index (χ2n) is 6.24. The molecule has 0 N–H and O–H groups in total. The first-order valence-electron chi connectivity index (χ1n) is 8.27. The molecule has 4 aromatic rings. The maximum Gasteiger partial charge on any atom is 0.190 e. The van der Waals surface area contributed by atoms with Gasteiger partial charge in [-0.3, -0.25) is 0 Å². The molecule has 2 heterocycles. The summed E-state index contributed by atoms with van der Waals surface area (Å²) in [6, 6.07) is 18.4. The van der Waals surface area contributed by atoms with Crippen LogP contribution in [-0.2, 0) is 0 Å². The van der Waals surface area contributed by atoms with E-state index in [2.05, 4.69) is 22.1 Å². The van der Waals surface area contributed by atoms with Crippen molar-refractivity contribution in [1.82, 2.24) is 4.57 Å². The fourth-order valence-corrected chi connectivity index (χ4v) is 4.09. The molecule has 5 rings (SSSR count). The highest BCUT2D eigenvalue weighted by Gasteiger charge is 2.28. The Hall–Kier alpha value is -2.30. The molecule has 0 amide bonds. The fraction of sp³-hybridized carbons (Fsp3) is 0.150. The Morgan fingerprint density at radius 3 is 2.64 bits per heavy atom. The smallest absolute Gasteiger partial charge is 0.190 e. The van der Waals surface area contributed by atoms with Crippen molar-refractivity contribution in [1.29, 1.82) is 0 Å². The second-order valence-corrected chi connectivity index (χ2v) is 7.51. The third-order valence-corrected chi connectivity index (χ3v) is 5.47. The van der Waals surface area contributed by atoms with E-state index in [4.69, 9.17) is 21.0 Å². The first-order chi connectivity index (χ1) is 12.3. The van der Waals surface area contributed by atoms with E-state index in [1.165, 1.54) is 12.8 Å². The van der Waals surface area contributed by atoms with Gasteiger partial charge in [0.2, 0.25) is 0 Å². The molecule has 0 bridgehead atoms. The summed E-state index contributed by atoms with van der Waals surface area (Å²) in [5, 5.41) is 4.00. The van der Waals surface area contributed by atoms with Gasteiger partial charge in [-0.1, -0.05) is 29.8 Å². The molecule has 2 aromatic heterocycles. The lowest BCUT2D eigenvalue weighted by atomic mass is 10.2. The van der Waals surface area contributed by atoms with E-state index in [1.807, 2.05) is 42.5 Å². The van der Waals surface area contributed by atoms with Gasteiger partial charge in [0.05, 0.1) is 11.4 Å². The quantitative estimate of drug-likeness (QED) is 0.425. The molecule has 0 saturated heterocycles. The lowest BCUT2D eigenvalue weighted by molar-refractivity contribution is 0.613. The van der Waals surface area contributed by atoms with Gasteiger partial charge < -0.3 is 8.98 Å². The summed E-state index contributed by atoms with van der Waals surface area (Å²) >= 11 is 7.62. The van der Waals surface area contributed by atoms with Crippen molar-refractivity contribution < 1.29 is 4.42 Å². The minimum absolute atomic E-state index is 0.514. The van der Waals surface area contributed by atoms with E-state index in [9.17, 15) is 0 Å². The minimum atomic E-state index is 0.514. The van der Waals surface area contributed by atoms with Crippen LogP contribution in [0.2, 0.25) is 5.02 Å². The van der Waals surface area contributed by atoms with Crippen LogP contribution in [0.5, 0.6) is 0 Å². The van der Waals surface area contributed by atoms with Gasteiger partial charge in [-0.25, -0.2) is 4.99 Å². The van der Waals surface area contributed by atoms with E-state index < -0.39 is 0 Å². The number of furan rings is 1. The van der Waals surface area contributed by atoms with Crippen molar-refractivity contribution in [2.45, 2.75) is 18.9 Å². The molecule has 1 saturated carbocycles. The van der Waals surface area contributed by atoms with Crippen molar-refractivity contribution in [3.8, 4) is 11.5 Å². The van der Waals surface area contributed by atoms with E-state index in [-0.39, 0.29) is 0 Å². The normalized spacial score (nSPS) is 15.2. The number of thiazole rings is 1. The zero-order chi connectivity index (χ0) is 16.8. The van der Waals surface area contributed by atoms with Gasteiger partial charge in [0.15, 0.2) is 10.6 Å². The SMILES string of the molecule is Clc1ccc(N=c2scc(-c3cc4ccccc4o3)n2C2CC2)cc1. The third-order valence-electron chi connectivity index (χ3n) is 4.38. The molecule has 1 fully saturated rings. The highest BCUT2D eigenvalue weighted by Crippen LogP contribution is 2.39. The molecule has 25 heavy (non-hydrogen) atoms. The maximum atomic E-state index is 6.08. The van der Waals surface area contributed by atoms with Crippen molar-refractivity contribution in [3.63, 3.8) is 0 Å². The third kappa shape index (κ3) is 2.81. The zero-order valence-electron chi connectivity index (χ0n) is 13.4. The van der Waals surface area contributed by atoms with Gasteiger partial charge in [-0.05, 0) is 49.2 Å². The van der Waals surface area contributed by atoms with Crippen LogP contribution in [0.3, 0.4) is 0 Å². The molecule has 0 spiro atoms. The van der Waals surface area contributed by atoms with E-state index in [1.54, 1.807) is 11.3 Å². The van der Waals surface area contributed by atoms with Crippen molar-refractivity contribution in [3.05, 3.63) is 69.8 Å². The average Bonchev–Trinajstić information content (AvgIpc) is 3.23. The summed E-state index contributed by atoms with van der Waals surface area (Å²) in [6.45, 7) is 0. The zero-order valence-corrected chi connectivity index (χ0v) is 14.9. The van der Waals surface area contributed by atoms with Crippen LogP contribution in [0.1, 0.15) is 18.9 Å². The van der Waals surface area contributed by atoms with Gasteiger partial charge in [0.25, 0.3) is 0 Å². The Morgan fingerprint density at radius 2 is 1.88 bits per heavy atom. The molecular formula is C20H15ClN2OS. The molecule has 124 valence electrons. The molecule has 1 aliphatic carbocycles. The van der Waals surface area contributed by atoms with Crippen molar-refractivity contribution in [2.75, 3.05) is 0 Å². The number of rotatable bonds is 3. The Kier molecular flexibility index (Phi) is 3.54. The van der Waals surface area contributed by atoms with Gasteiger partial charge >= 0.3 is 0 Å². The van der Waals surface area contributed by atoms with E-state index in [0.29, 0.717) is 6.04 Å². The molecule has 3 nitrogen and oxygen atoms in total. The van der Waals surface area contributed by atoms with Gasteiger partial charge in [0, 0.05) is 21.8 Å². The Bertz CT molecular complexity index is 1080. The predicted molar refractivity (Wildman–Crippen MR) is 102 cm³/mol. The van der Waals surface area contributed by atoms with Crippen LogP contribution in [0.15, 0.2) is 69.4 Å². The Balaban J connectivity index is 1.66. The summed E-state index contributed by atoms with van der Waals surface area (Å²) in [7, 11) is 0. The highest BCUT2D eigenvalue weighted by molar-refractivity contribution is 7.07. The Morgan fingerprint density at radius 1 is 1.08 bits per heavy atom. The first kappa shape index (κ1) is 15.0. The topological polar surface area (TPSA) is 30.4 Å². The summed E-state index contributed by atoms with van der Waals surface area (Å²) in [4.78, 5) is 5.82. The van der Waals surface area contributed by atoms with E-state index >= 15 is 0 Å². The minimum Gasteiger partial charge on any atom is -0.454 e. The largest absolute Gasteiger partial charge is 0.454 e. The Labute approximate surface area is 153 Å². The number of fused-ring (bicyclic) bond motifs is 1. The lowest BCUT2D eigenvalue weighted by Gasteiger charge is -2.04. The number of para-hydroxylation sites is 1. The molecule has 5 heteroatoms. The number of aromatic nitrogens is 1. The summed E-state index contributed by atoms with van der Waals surface area (Å²) in [5.74, 6) is 0.905. The summed E-state index contributed by atoms with van der Waals surface area (Å²) < 4.78 is 8.40. The van der Waals surface area contributed by atoms with Crippen LogP contribution < -0.4 is 4.80 Å². The average molecular weight is 367 g/mol. The first-order valence-corrected chi connectivity index (χ1v) is 9.53. The molecule has 1 aliphatic rings. The fourth-order valence-electron chi connectivity index (χ4n) is 3.00. The number of nitrogens with zero attached hydrogens (tertiary/aromatic N) is 2. The van der Waals surface area contributed by atoms with Gasteiger partial charge in [0.1, 0.15) is 5.58 Å². The number of hydrogen-bond donors (Lipinski definition) is 0. The number of halogens is 1. The molecule has 2 aromatic carbocycles. The van der Waals surface area contributed by atoms with Crippen LogP contribution in [-0.4, -0.2) is 4.57 Å². The highest BCUT2D eigenvalue weighted by atomic mass is 35.5. The molecule has 0 atom stereocenters. The van der Waals surface area contributed by atoms with Crippen LogP contribution >= 0.6 is 22.9 Å². The second kappa shape index (κ2) is 5.90. The lowest BCUT2D eigenvalue weighted by Crippen LogP contribution is -2.14. The van der Waals surface area contributed by atoms with Crippen LogP contribution in [0, 0.1) is 0 Å². The molecule has 0 aliphatic heterocycles. The molecule has 0 radical (unpaired) electrons. The summed E-state index contributed by atoms with van der Waals surface area (Å²) in [5.41, 5.74) is 2.94. The predicted octanol–water partition coefficient (Wildman–Crippen LogP) is 6.18. The summed E-state index contributed by atoms with van der Waals surface area (Å²) in [6.07, 6.45) is 2.38. The molecular weight excluding hydrogens is 352 g/mol. The van der Waals surface area contributed by atoms with Crippen LogP contribution in [0.25, 0.3) is 22.4 Å². The van der Waals surface area contributed by atoms with Crippen molar-refractivity contribution >= 4 is 39.6 Å². The number of benzene rings is 2. The van der Waals surface area contributed by atoms with Gasteiger partial charge in [-0.2, -0.15) is 0 Å². The maximum absolute atomic E-state index is 6.08. The van der Waals surface area contributed by atoms with E-state index in [0.717, 1.165) is 37.9 Å². The number of hydrogen-bond acceptors (Lipinski definition) is 3. The van der Waals surface area contributed by atoms with Gasteiger partial charge in [-0.15, -0.1) is 11.3 Å². The van der Waals surface area contributed by atoms with Crippen LogP contribution in [0.4, 0.5) is 5.69 Å². The van der Waals surface area contributed by atoms with Crippen molar-refractivity contribution in [2.24, 2.45) is 4.99 Å². The standard InChI is InChI=1S/C20H15ClN2OS/c21-14-5-7-15(8-6-14)22-20-23(16-9-10-16)17(12-25-20)19-11-13-3-1-2-4-18(13)24-19/h1-8,11-12,16H,9-10H2. The molecule has 0 unspecified atom stereocenters. The monoisotopic (exact) mass is 366 g/mol.